The van der Waals surface area contributed by atoms with Crippen molar-refractivity contribution >= 4 is 23.4 Å². The van der Waals surface area contributed by atoms with Crippen molar-refractivity contribution in [3.63, 3.8) is 0 Å². The van der Waals surface area contributed by atoms with E-state index in [1.807, 2.05) is 31.2 Å². The number of thiazole rings is 1. The second-order valence-corrected chi connectivity index (χ2v) is 7.83. The highest BCUT2D eigenvalue weighted by Crippen LogP contribution is 2.31. The summed E-state index contributed by atoms with van der Waals surface area (Å²) in [6, 6.07) is 10.3. The van der Waals surface area contributed by atoms with Gasteiger partial charge in [-0.25, -0.2) is 9.79 Å². The third kappa shape index (κ3) is 3.98. The van der Waals surface area contributed by atoms with Gasteiger partial charge in [-0.3, -0.25) is 9.36 Å². The molecule has 0 saturated carbocycles. The highest BCUT2D eigenvalue weighted by molar-refractivity contribution is 7.07. The molecule has 0 fully saturated rings. The van der Waals surface area contributed by atoms with Crippen molar-refractivity contribution in [3.8, 4) is 5.75 Å². The highest BCUT2D eigenvalue weighted by Gasteiger charge is 2.33. The van der Waals surface area contributed by atoms with E-state index in [0.29, 0.717) is 33.0 Å². The molecule has 1 aliphatic rings. The van der Waals surface area contributed by atoms with E-state index in [9.17, 15) is 9.59 Å². The van der Waals surface area contributed by atoms with E-state index in [-0.39, 0.29) is 12.2 Å². The fourth-order valence-electron chi connectivity index (χ4n) is 3.52. The minimum Gasteiger partial charge on any atom is -0.494 e. The topological polar surface area (TPSA) is 83.0 Å². The number of esters is 1. The van der Waals surface area contributed by atoms with E-state index in [1.165, 1.54) is 11.3 Å². The lowest BCUT2D eigenvalue weighted by molar-refractivity contribution is -0.139. The Morgan fingerprint density at radius 2 is 2.00 bits per heavy atom. The van der Waals surface area contributed by atoms with Gasteiger partial charge in [0, 0.05) is 6.08 Å². The van der Waals surface area contributed by atoms with Crippen molar-refractivity contribution in [2.75, 3.05) is 13.2 Å². The minimum absolute atomic E-state index is 0.231. The fourth-order valence-corrected chi connectivity index (χ4v) is 4.55. The van der Waals surface area contributed by atoms with Crippen LogP contribution in [0.5, 0.6) is 5.75 Å². The van der Waals surface area contributed by atoms with Gasteiger partial charge in [-0.15, -0.1) is 0 Å². The van der Waals surface area contributed by atoms with Crippen molar-refractivity contribution in [1.29, 1.82) is 0 Å². The summed E-state index contributed by atoms with van der Waals surface area (Å²) in [6.07, 6.45) is 3.23. The predicted molar refractivity (Wildman–Crippen MR) is 117 cm³/mol. The molecule has 0 spiro atoms. The van der Waals surface area contributed by atoms with Crippen LogP contribution in [0.1, 0.15) is 38.1 Å². The number of rotatable bonds is 6. The number of carbonyl (C=O) groups is 1. The first kappa shape index (κ1) is 20.9. The maximum atomic E-state index is 13.4. The van der Waals surface area contributed by atoms with Gasteiger partial charge in [0.15, 0.2) is 4.80 Å². The molecule has 0 aliphatic carbocycles. The van der Waals surface area contributed by atoms with Crippen LogP contribution in [0.15, 0.2) is 68.1 Å². The maximum absolute atomic E-state index is 13.4. The molecule has 0 unspecified atom stereocenters. The number of ether oxygens (including phenoxy) is 2. The number of aromatic nitrogens is 1. The third-order valence-electron chi connectivity index (χ3n) is 4.84. The molecule has 0 bridgehead atoms. The molecule has 31 heavy (non-hydrogen) atoms. The molecule has 3 heterocycles. The van der Waals surface area contributed by atoms with Gasteiger partial charge in [-0.1, -0.05) is 23.5 Å². The van der Waals surface area contributed by atoms with Gasteiger partial charge < -0.3 is 13.9 Å². The average Bonchev–Trinajstić information content (AvgIpc) is 3.36. The smallest absolute Gasteiger partial charge is 0.338 e. The molecule has 1 aliphatic heterocycles. The Bertz CT molecular complexity index is 1300. The average molecular weight is 439 g/mol. The van der Waals surface area contributed by atoms with Crippen LogP contribution in [0.2, 0.25) is 0 Å². The van der Waals surface area contributed by atoms with Crippen LogP contribution in [0.25, 0.3) is 6.08 Å². The van der Waals surface area contributed by atoms with Crippen molar-refractivity contribution in [2.45, 2.75) is 26.8 Å². The molecule has 0 amide bonds. The number of allylic oxidation sites excluding steroid dienone is 1. The van der Waals surface area contributed by atoms with Crippen molar-refractivity contribution < 1.29 is 18.7 Å². The van der Waals surface area contributed by atoms with Gasteiger partial charge in [0.1, 0.15) is 11.5 Å². The van der Waals surface area contributed by atoms with Crippen molar-refractivity contribution in [2.24, 2.45) is 4.99 Å². The molecule has 3 aromatic rings. The summed E-state index contributed by atoms with van der Waals surface area (Å²) in [7, 11) is 0. The van der Waals surface area contributed by atoms with Crippen LogP contribution < -0.4 is 19.6 Å². The summed E-state index contributed by atoms with van der Waals surface area (Å²) in [5, 5.41) is 0. The molecule has 160 valence electrons. The lowest BCUT2D eigenvalue weighted by Crippen LogP contribution is -2.39. The zero-order valence-electron chi connectivity index (χ0n) is 17.5. The van der Waals surface area contributed by atoms with Crippen molar-refractivity contribution in [3.05, 3.63) is 84.9 Å². The number of hydrogen-bond acceptors (Lipinski definition) is 7. The first-order valence-corrected chi connectivity index (χ1v) is 10.8. The zero-order chi connectivity index (χ0) is 22.0. The van der Waals surface area contributed by atoms with Crippen LogP contribution in [0.3, 0.4) is 0 Å². The first-order valence-electron chi connectivity index (χ1n) is 9.99. The third-order valence-corrected chi connectivity index (χ3v) is 5.82. The number of furan rings is 1. The second-order valence-electron chi connectivity index (χ2n) is 6.82. The Hall–Kier alpha value is -3.39. The number of nitrogens with zero attached hydrogens (tertiary/aromatic N) is 2. The van der Waals surface area contributed by atoms with Crippen LogP contribution in [-0.2, 0) is 9.53 Å². The molecule has 7 nitrogen and oxygen atoms in total. The lowest BCUT2D eigenvalue weighted by Gasteiger charge is -2.24. The Kier molecular flexibility index (Phi) is 5.90. The number of fused-ring (bicyclic) bond motifs is 1. The fraction of sp³-hybridized carbons (Fsp3) is 0.261. The summed E-state index contributed by atoms with van der Waals surface area (Å²) in [5.74, 6) is 0.807. The molecule has 0 saturated heterocycles. The molecular weight excluding hydrogens is 416 g/mol. The SMILES string of the molecule is CCOC(=O)C1=C(C)N=c2s/c(=C\c3ccco3)c(=O)n2[C@@H]1c1ccc(OCC)cc1. The van der Waals surface area contributed by atoms with Gasteiger partial charge in [-0.05, 0) is 50.6 Å². The summed E-state index contributed by atoms with van der Waals surface area (Å²) >= 11 is 1.26. The maximum Gasteiger partial charge on any atom is 0.338 e. The van der Waals surface area contributed by atoms with E-state index in [1.54, 1.807) is 42.9 Å². The second kappa shape index (κ2) is 8.77. The van der Waals surface area contributed by atoms with E-state index >= 15 is 0 Å². The summed E-state index contributed by atoms with van der Waals surface area (Å²) < 4.78 is 18.2. The summed E-state index contributed by atoms with van der Waals surface area (Å²) in [4.78, 5) is 31.3. The first-order chi connectivity index (χ1) is 15.0. The summed E-state index contributed by atoms with van der Waals surface area (Å²) in [6.45, 7) is 6.20. The van der Waals surface area contributed by atoms with Crippen LogP contribution >= 0.6 is 11.3 Å². The minimum atomic E-state index is -0.648. The van der Waals surface area contributed by atoms with E-state index < -0.39 is 12.0 Å². The molecule has 8 heteroatoms. The molecule has 4 rings (SSSR count). The molecule has 0 N–H and O–H groups in total. The Balaban J connectivity index is 1.92. The zero-order valence-corrected chi connectivity index (χ0v) is 18.3. The summed E-state index contributed by atoms with van der Waals surface area (Å²) in [5.41, 5.74) is 1.41. The predicted octanol–water partition coefficient (Wildman–Crippen LogP) is 2.79. The molecule has 2 aromatic heterocycles. The monoisotopic (exact) mass is 438 g/mol. The van der Waals surface area contributed by atoms with E-state index in [0.717, 1.165) is 11.3 Å². The van der Waals surface area contributed by atoms with Gasteiger partial charge in [0.25, 0.3) is 5.56 Å². The van der Waals surface area contributed by atoms with Gasteiger partial charge in [-0.2, -0.15) is 0 Å². The van der Waals surface area contributed by atoms with Gasteiger partial charge >= 0.3 is 5.97 Å². The number of carbonyl (C=O) groups excluding carboxylic acids is 1. The standard InChI is InChI=1S/C23H22N2O5S/c1-4-28-16-10-8-15(9-11-16)20-19(22(27)29-5-2)14(3)24-23-25(20)21(26)18(31-23)13-17-7-6-12-30-17/h6-13,20H,4-5H2,1-3H3/b18-13-/t20-/m1/s1. The largest absolute Gasteiger partial charge is 0.494 e. The van der Waals surface area contributed by atoms with E-state index in [4.69, 9.17) is 13.9 Å². The number of benzene rings is 1. The molecule has 0 radical (unpaired) electrons. The van der Waals surface area contributed by atoms with Gasteiger partial charge in [0.2, 0.25) is 0 Å². The molecular formula is C23H22N2O5S. The van der Waals surface area contributed by atoms with Crippen LogP contribution in [0.4, 0.5) is 0 Å². The lowest BCUT2D eigenvalue weighted by atomic mass is 9.96. The van der Waals surface area contributed by atoms with Crippen LogP contribution in [-0.4, -0.2) is 23.8 Å². The quantitative estimate of drug-likeness (QED) is 0.553. The number of hydrogen-bond donors (Lipinski definition) is 0. The van der Waals surface area contributed by atoms with Gasteiger partial charge in [0.05, 0.1) is 41.3 Å². The van der Waals surface area contributed by atoms with E-state index in [2.05, 4.69) is 4.99 Å². The Morgan fingerprint density at radius 3 is 2.65 bits per heavy atom. The van der Waals surface area contributed by atoms with Crippen LogP contribution in [0, 0.1) is 0 Å². The highest BCUT2D eigenvalue weighted by atomic mass is 32.1. The molecule has 1 atom stereocenters. The molecule has 1 aromatic carbocycles. The Labute approximate surface area is 182 Å². The Morgan fingerprint density at radius 1 is 1.23 bits per heavy atom. The normalized spacial score (nSPS) is 16.1. The van der Waals surface area contributed by atoms with Crippen molar-refractivity contribution in [1.82, 2.24) is 4.57 Å².